The minimum absolute atomic E-state index is 0.0204. The Morgan fingerprint density at radius 3 is 2.57 bits per heavy atom. The zero-order valence-electron chi connectivity index (χ0n) is 19.7. The molecule has 0 bridgehead atoms. The van der Waals surface area contributed by atoms with E-state index < -0.39 is 0 Å². The largest absolute Gasteiger partial charge is 0.345 e. The van der Waals surface area contributed by atoms with E-state index in [-0.39, 0.29) is 29.1 Å². The number of amides is 2. The van der Waals surface area contributed by atoms with Gasteiger partial charge in [0.2, 0.25) is 5.91 Å². The van der Waals surface area contributed by atoms with Gasteiger partial charge in [-0.15, -0.1) is 10.2 Å². The Kier molecular flexibility index (Phi) is 7.79. The molecule has 1 N–H and O–H groups in total. The van der Waals surface area contributed by atoms with Crippen molar-refractivity contribution < 1.29 is 9.59 Å². The second kappa shape index (κ2) is 11.4. The fraction of sp³-hybridized carbons (Fsp3) is 0.185. The Labute approximate surface area is 228 Å². The lowest BCUT2D eigenvalue weighted by atomic mass is 10.0. The maximum atomic E-state index is 13.2. The summed E-state index contributed by atoms with van der Waals surface area (Å²) in [6, 6.07) is 22.4. The van der Waals surface area contributed by atoms with E-state index in [0.29, 0.717) is 28.1 Å². The summed E-state index contributed by atoms with van der Waals surface area (Å²) in [5.41, 5.74) is 3.32. The lowest BCUT2D eigenvalue weighted by Gasteiger charge is -2.29. The minimum Gasteiger partial charge on any atom is -0.345 e. The Balaban J connectivity index is 1.34. The summed E-state index contributed by atoms with van der Waals surface area (Å²) in [5.74, 6) is 0.416. The monoisotopic (exact) mass is 551 g/mol. The number of benzene rings is 3. The quantitative estimate of drug-likeness (QED) is 0.303. The second-order valence-corrected chi connectivity index (χ2v) is 10.2. The molecule has 0 saturated carbocycles. The molecule has 5 rings (SSSR count). The molecule has 37 heavy (non-hydrogen) atoms. The van der Waals surface area contributed by atoms with E-state index in [9.17, 15) is 9.59 Å². The molecule has 2 amide bonds. The molecule has 1 aromatic heterocycles. The number of nitrogens with zero attached hydrogens (tertiary/aromatic N) is 4. The highest BCUT2D eigenvalue weighted by Gasteiger charge is 2.24. The van der Waals surface area contributed by atoms with Crippen LogP contribution in [0.25, 0.3) is 5.69 Å². The van der Waals surface area contributed by atoms with Gasteiger partial charge in [-0.1, -0.05) is 71.4 Å². The third kappa shape index (κ3) is 5.66. The van der Waals surface area contributed by atoms with Crippen molar-refractivity contribution >= 4 is 52.5 Å². The van der Waals surface area contributed by atoms with Crippen LogP contribution < -0.4 is 10.2 Å². The van der Waals surface area contributed by atoms with Gasteiger partial charge in [0.15, 0.2) is 11.0 Å². The maximum absolute atomic E-state index is 13.2. The Hall–Kier alpha value is -3.33. The van der Waals surface area contributed by atoms with Crippen LogP contribution in [-0.4, -0.2) is 38.9 Å². The van der Waals surface area contributed by atoms with E-state index in [1.165, 1.54) is 23.4 Å². The van der Waals surface area contributed by atoms with Crippen LogP contribution in [0.15, 0.2) is 78.0 Å². The van der Waals surface area contributed by atoms with Crippen molar-refractivity contribution in [1.82, 2.24) is 20.1 Å². The van der Waals surface area contributed by atoms with Crippen LogP contribution in [0.3, 0.4) is 0 Å². The molecule has 0 unspecified atom stereocenters. The first kappa shape index (κ1) is 25.3. The van der Waals surface area contributed by atoms with Crippen LogP contribution >= 0.6 is 35.0 Å². The summed E-state index contributed by atoms with van der Waals surface area (Å²) in [6.45, 7) is 0.819. The summed E-state index contributed by atoms with van der Waals surface area (Å²) < 4.78 is 1.85. The number of halogens is 2. The number of anilines is 1. The third-order valence-corrected chi connectivity index (χ3v) is 7.50. The topological polar surface area (TPSA) is 80.1 Å². The molecule has 2 heterocycles. The van der Waals surface area contributed by atoms with Crippen molar-refractivity contribution in [2.24, 2.45) is 0 Å². The molecule has 4 aromatic rings. The summed E-state index contributed by atoms with van der Waals surface area (Å²) in [7, 11) is 0. The highest BCUT2D eigenvalue weighted by atomic mass is 35.5. The molecule has 1 aliphatic heterocycles. The average Bonchev–Trinajstić information content (AvgIpc) is 3.33. The van der Waals surface area contributed by atoms with Crippen LogP contribution in [0, 0.1) is 0 Å². The number of hydrogen-bond donors (Lipinski definition) is 1. The van der Waals surface area contributed by atoms with Gasteiger partial charge < -0.3 is 10.2 Å². The number of aromatic nitrogens is 3. The van der Waals surface area contributed by atoms with Gasteiger partial charge in [0.25, 0.3) is 5.91 Å². The van der Waals surface area contributed by atoms with Gasteiger partial charge >= 0.3 is 0 Å². The fourth-order valence-corrected chi connectivity index (χ4v) is 5.61. The summed E-state index contributed by atoms with van der Waals surface area (Å²) in [5, 5.41) is 12.8. The van der Waals surface area contributed by atoms with E-state index in [1.807, 2.05) is 58.0 Å². The summed E-state index contributed by atoms with van der Waals surface area (Å²) in [4.78, 5) is 27.8. The van der Waals surface area contributed by atoms with E-state index in [4.69, 9.17) is 23.2 Å². The maximum Gasteiger partial charge on any atom is 0.253 e. The number of nitrogens with one attached hydrogen (secondary N) is 1. The van der Waals surface area contributed by atoms with Crippen molar-refractivity contribution in [3.8, 4) is 5.69 Å². The molecule has 10 heteroatoms. The zero-order valence-corrected chi connectivity index (χ0v) is 22.1. The molecule has 1 aliphatic rings. The number of rotatable bonds is 7. The molecule has 188 valence electrons. The van der Waals surface area contributed by atoms with Crippen LogP contribution in [-0.2, 0) is 17.8 Å². The van der Waals surface area contributed by atoms with Crippen molar-refractivity contribution in [3.63, 3.8) is 0 Å². The van der Waals surface area contributed by atoms with Crippen LogP contribution in [0.4, 0.5) is 5.69 Å². The van der Waals surface area contributed by atoms with Crippen LogP contribution in [0.2, 0.25) is 10.0 Å². The minimum atomic E-state index is -0.350. The van der Waals surface area contributed by atoms with Gasteiger partial charge in [0.05, 0.1) is 22.9 Å². The van der Waals surface area contributed by atoms with Gasteiger partial charge in [-0.3, -0.25) is 14.2 Å². The van der Waals surface area contributed by atoms with E-state index in [2.05, 4.69) is 21.6 Å². The highest BCUT2D eigenvalue weighted by Crippen LogP contribution is 2.29. The SMILES string of the molecule is O=C(NCc1nnc(SCC(=O)N2CCCc3ccccc32)n1-c1ccccc1)c1ccc(Cl)cc1Cl. The van der Waals surface area contributed by atoms with E-state index in [1.54, 1.807) is 12.1 Å². The first-order chi connectivity index (χ1) is 18.0. The van der Waals surface area contributed by atoms with Crippen LogP contribution in [0.1, 0.15) is 28.2 Å². The fourth-order valence-electron chi connectivity index (χ4n) is 4.27. The summed E-state index contributed by atoms with van der Waals surface area (Å²) in [6.07, 6.45) is 1.92. The number of carbonyl (C=O) groups is 2. The van der Waals surface area contributed by atoms with Gasteiger partial charge in [-0.2, -0.15) is 0 Å². The summed E-state index contributed by atoms with van der Waals surface area (Å²) >= 11 is 13.5. The lowest BCUT2D eigenvalue weighted by Crippen LogP contribution is -2.36. The highest BCUT2D eigenvalue weighted by molar-refractivity contribution is 7.99. The number of fused-ring (bicyclic) bond motifs is 1. The van der Waals surface area contributed by atoms with Gasteiger partial charge in [-0.05, 0) is 54.8 Å². The molecular weight excluding hydrogens is 529 g/mol. The Bertz CT molecular complexity index is 1440. The number of carbonyl (C=O) groups excluding carboxylic acids is 2. The first-order valence-electron chi connectivity index (χ1n) is 11.8. The molecule has 0 atom stereocenters. The number of aryl methyl sites for hydroxylation is 1. The zero-order chi connectivity index (χ0) is 25.8. The van der Waals surface area contributed by atoms with Crippen molar-refractivity contribution in [3.05, 3.63) is 99.8 Å². The first-order valence-corrected chi connectivity index (χ1v) is 13.5. The molecule has 0 aliphatic carbocycles. The number of hydrogen-bond acceptors (Lipinski definition) is 5. The van der Waals surface area contributed by atoms with E-state index >= 15 is 0 Å². The molecule has 0 radical (unpaired) electrons. The molecular formula is C27H23Cl2N5O2S. The predicted molar refractivity (Wildman–Crippen MR) is 147 cm³/mol. The Morgan fingerprint density at radius 1 is 0.973 bits per heavy atom. The average molecular weight is 552 g/mol. The molecule has 0 fully saturated rings. The third-order valence-electron chi connectivity index (χ3n) is 6.03. The van der Waals surface area contributed by atoms with Gasteiger partial charge in [0, 0.05) is 22.9 Å². The molecule has 3 aromatic carbocycles. The Morgan fingerprint density at radius 2 is 1.76 bits per heavy atom. The second-order valence-electron chi connectivity index (χ2n) is 8.44. The number of thioether (sulfide) groups is 1. The molecule has 0 spiro atoms. The smallest absolute Gasteiger partial charge is 0.253 e. The van der Waals surface area contributed by atoms with Gasteiger partial charge in [-0.25, -0.2) is 0 Å². The van der Waals surface area contributed by atoms with Crippen molar-refractivity contribution in [2.45, 2.75) is 24.5 Å². The normalized spacial score (nSPS) is 12.8. The predicted octanol–water partition coefficient (Wildman–Crippen LogP) is 5.58. The molecule has 7 nitrogen and oxygen atoms in total. The van der Waals surface area contributed by atoms with Gasteiger partial charge in [0.1, 0.15) is 0 Å². The van der Waals surface area contributed by atoms with E-state index in [0.717, 1.165) is 24.2 Å². The van der Waals surface area contributed by atoms with Crippen molar-refractivity contribution in [1.29, 1.82) is 0 Å². The van der Waals surface area contributed by atoms with Crippen molar-refractivity contribution in [2.75, 3.05) is 17.2 Å². The lowest BCUT2D eigenvalue weighted by molar-refractivity contribution is -0.116. The standard InChI is InChI=1S/C27H23Cl2N5O2S/c28-19-12-13-21(22(29)15-19)26(36)30-16-24-31-32-27(34(24)20-9-2-1-3-10-20)37-17-25(35)33-14-6-8-18-7-4-5-11-23(18)33/h1-5,7,9-13,15H,6,8,14,16-17H2,(H,30,36). The molecule has 0 saturated heterocycles. The van der Waals surface area contributed by atoms with Crippen LogP contribution in [0.5, 0.6) is 0 Å². The number of para-hydroxylation sites is 2.